The van der Waals surface area contributed by atoms with Gasteiger partial charge in [0.25, 0.3) is 0 Å². The Balaban J connectivity index is 0.00000102. The lowest BCUT2D eigenvalue weighted by atomic mass is 10.2. The largest absolute Gasteiger partial charge is 0.370 e. The molecule has 9 rings (SSSR count). The Bertz CT molecular complexity index is 7710. The van der Waals surface area contributed by atoms with E-state index in [2.05, 4.69) is 92.8 Å². The number of aryl methyl sites for hydroxylation is 6. The first kappa shape index (κ1) is 60.4. The summed E-state index contributed by atoms with van der Waals surface area (Å²) in [6.07, 6.45) is -12.6. The van der Waals surface area contributed by atoms with Gasteiger partial charge in [0.2, 0.25) is 0 Å². The van der Waals surface area contributed by atoms with Gasteiger partial charge < -0.3 is 99.5 Å². The van der Waals surface area contributed by atoms with Gasteiger partial charge in [0.15, 0.2) is 53.6 Å². The van der Waals surface area contributed by atoms with Crippen LogP contribution >= 0.6 is 0 Å². The number of guanidine groups is 9. The van der Waals surface area contributed by atoms with Crippen molar-refractivity contribution in [3.05, 3.63) is 322 Å². The predicted octanol–water partition coefficient (Wildman–Crippen LogP) is 10.2. The second-order valence-electron chi connectivity index (χ2n) is 25.1. The van der Waals surface area contributed by atoms with Crippen molar-refractivity contribution < 1.29 is 63.1 Å². The van der Waals surface area contributed by atoms with Crippen LogP contribution in [0.1, 0.15) is 175 Å². The lowest BCUT2D eigenvalue weighted by Gasteiger charge is -2.02. The van der Waals surface area contributed by atoms with Gasteiger partial charge in [-0.25, -0.2) is 0 Å². The van der Waals surface area contributed by atoms with Crippen LogP contribution < -0.4 is 99.5 Å². The zero-order valence-corrected chi connectivity index (χ0v) is 75.2. The van der Waals surface area contributed by atoms with E-state index in [0.717, 1.165) is 18.2 Å². The van der Waals surface area contributed by atoms with Crippen LogP contribution in [0.2, 0.25) is 0 Å². The topological polar surface area (TPSA) is 668 Å². The number of nitrogens with two attached hydrogens (primary N) is 9. The molecular formula is C99H144N36. The normalized spacial score (nSPS) is 17.6. The summed E-state index contributed by atoms with van der Waals surface area (Å²) in [7, 11) is 0. The number of nitrogens with zero attached hydrogens (tertiary/aromatic N) is 9. The molecule has 0 fully saturated rings. The van der Waals surface area contributed by atoms with Crippen LogP contribution in [0.15, 0.2) is 317 Å². The highest BCUT2D eigenvalue weighted by molar-refractivity contribution is 6.00. The van der Waals surface area contributed by atoms with E-state index in [9.17, 15) is 0 Å². The number of hydrogen-bond donors (Lipinski definition) is 27. The third kappa shape index (κ3) is 74.0. The highest BCUT2D eigenvalue weighted by atomic mass is 15.2. The molecule has 135 heavy (non-hydrogen) atoms. The van der Waals surface area contributed by atoms with Crippen molar-refractivity contribution in [2.24, 2.45) is 96.5 Å². The third-order valence-electron chi connectivity index (χ3n) is 12.8. The second-order valence-corrected chi connectivity index (χ2v) is 25.1. The number of hydrogen-bond acceptors (Lipinski definition) is 18. The molecule has 2 atom stereocenters. The summed E-state index contributed by atoms with van der Waals surface area (Å²) in [5.41, 5.74) is 50.3. The molecule has 0 radical (unpaired) electrons. The van der Waals surface area contributed by atoms with Gasteiger partial charge in [0.05, 0.1) is 100 Å². The summed E-state index contributed by atoms with van der Waals surface area (Å²) in [5, 5.41) is 86.0. The number of amidine groups is 9. The minimum atomic E-state index is -2.71. The van der Waals surface area contributed by atoms with E-state index in [1.54, 1.807) is 0 Å². The Hall–Kier alpha value is -16.6. The van der Waals surface area contributed by atoms with E-state index in [1.807, 2.05) is 0 Å². The number of aliphatic imine (C=N–C) groups is 9. The number of benzene rings is 9. The van der Waals surface area contributed by atoms with E-state index in [4.69, 9.17) is 163 Å². The molecule has 36 N–H and O–H groups in total. The molecular weight excluding hydrogens is 1690 g/mol. The van der Waals surface area contributed by atoms with Crippen LogP contribution in [0, 0.1) is 48.7 Å². The molecule has 2 unspecified atom stereocenters. The molecule has 0 aliphatic rings. The molecule has 9 aromatic rings. The minimum absolute atomic E-state index is 0.00521. The minimum Gasteiger partial charge on any atom is -0.370 e. The molecule has 36 nitrogen and oxygen atoms in total. The monoisotopic (exact) mass is 1880 g/mol. The van der Waals surface area contributed by atoms with Gasteiger partial charge >= 0.3 is 0 Å². The maximum atomic E-state index is 7.92. The first-order chi connectivity index (χ1) is 82.5. The fourth-order valence-electron chi connectivity index (χ4n) is 7.68. The third-order valence-corrected chi connectivity index (χ3v) is 12.8. The Labute approximate surface area is 861 Å². The molecule has 0 spiro atoms. The molecule has 36 heteroatoms. The van der Waals surface area contributed by atoms with Crippen LogP contribution in [-0.4, -0.2) is 165 Å². The Morgan fingerprint density at radius 1 is 0.222 bits per heavy atom. The van der Waals surface area contributed by atoms with Gasteiger partial charge in [-0.2, -0.15) is 0 Å². The van der Waals surface area contributed by atoms with Crippen LogP contribution in [0.3, 0.4) is 0 Å². The van der Waals surface area contributed by atoms with Crippen molar-refractivity contribution in [3.8, 4) is 0 Å². The fraction of sp³-hybridized carbons (Fsp3) is 0.273. The molecule has 0 aliphatic carbocycles. The van der Waals surface area contributed by atoms with E-state index in [-0.39, 0.29) is 329 Å². The SMILES string of the molecule is [2H]c1cc(C([2H])([2H])CN=C(N)NC(C)=N)cc([2H])c1[2H].[2H]c1cc(CC([2H])([2H])N=C(N)NC(C)=N)cc([2H])c1[2H].[2H]c1cc([2H])c(C([2H])([2H])CN=C(N)NC(C)=N)cc1[2H].[2H]c1cc([2H])c(CC([2H])([2H])N=C(N)NC(C)=N)cc1[2H].[2H]c1ccc(C([2H])([2H])C([2H])([2H])N=C(N)NC(C)=N)cc1[2H].[2H]c1ccc(C([2H])([2H])C([2H])N=C(N)NC(C)=N)cc1[2H].[2H]c1ccc(C([2H])([2H])CN=C(N)NC(C)=N)c([2H])c1[2H].[2H]c1ccc(C([2H])C([2H])([2H])N=C(N)NC(C)=N)cc1[2H].[2H]c1ccc(CC([2H])([2H])N=C(N)NC(C)=N)c([2H])c1[2H]. The van der Waals surface area contributed by atoms with Crippen molar-refractivity contribution in [1.82, 2.24) is 47.9 Å². The standard InChI is InChI=1S/9C11H16N4/c9*1-9(12)15-11(13)14-8-7-10-5-3-2-4-6-10/h9*2-6H,7-8H2,1H3,(H4,12,13,14,15)/i2D,3D,7D2,8D2;2D,3D,7D2,8D;2D,3D,7D,8D2;2D,3D,6D,8D2;2D,3D,6D,7D2;2D,3D,5D,8D2;2D,3D,5D,7D2;2D,3D,4D,8D2;2D,3D,4D,7D2. The van der Waals surface area contributed by atoms with Gasteiger partial charge in [-0.3, -0.25) is 93.6 Å². The Morgan fingerprint density at radius 3 is 0.837 bits per heavy atom. The van der Waals surface area contributed by atoms with Gasteiger partial charge in [-0.1, -0.05) is 272 Å². The number of nitrogens with one attached hydrogen (secondary N) is 18. The molecule has 0 amide bonds. The van der Waals surface area contributed by atoms with E-state index >= 15 is 0 Å². The summed E-state index contributed by atoms with van der Waals surface area (Å²) < 4.78 is 352. The molecule has 0 bridgehead atoms. The summed E-state index contributed by atoms with van der Waals surface area (Å²) in [4.78, 5) is 32.9. The summed E-state index contributed by atoms with van der Waals surface area (Å²) in [6.45, 7) is -0.758. The Kier molecular flexibility index (Phi) is 33.7. The smallest absolute Gasteiger partial charge is 0.194 e. The quantitative estimate of drug-likeness (QED) is 0.0168. The molecule has 0 saturated heterocycles. The molecule has 720 valence electrons. The van der Waals surface area contributed by atoms with E-state index in [1.165, 1.54) is 172 Å². The van der Waals surface area contributed by atoms with Crippen molar-refractivity contribution in [2.45, 2.75) is 120 Å². The van der Waals surface area contributed by atoms with Gasteiger partial charge in [-0.15, -0.1) is 0 Å². The number of rotatable bonds is 27. The van der Waals surface area contributed by atoms with Crippen molar-refractivity contribution in [1.29, 1.82) is 48.7 Å². The lowest BCUT2D eigenvalue weighted by molar-refractivity contribution is 0.955. The van der Waals surface area contributed by atoms with Gasteiger partial charge in [0.1, 0.15) is 0 Å². The Morgan fingerprint density at radius 2 is 0.452 bits per heavy atom. The van der Waals surface area contributed by atoms with Crippen LogP contribution in [0.5, 0.6) is 0 Å². The fourth-order valence-corrected chi connectivity index (χ4v) is 7.68. The summed E-state index contributed by atoms with van der Waals surface area (Å²) >= 11 is 0. The van der Waals surface area contributed by atoms with Crippen molar-refractivity contribution in [3.63, 3.8) is 0 Å². The van der Waals surface area contributed by atoms with Crippen molar-refractivity contribution >= 4 is 106 Å². The molecule has 0 saturated carbocycles. The maximum absolute atomic E-state index is 7.92. The van der Waals surface area contributed by atoms with Crippen LogP contribution in [0.4, 0.5) is 0 Å². The van der Waals surface area contributed by atoms with Gasteiger partial charge in [0, 0.05) is 73.7 Å². The zero-order chi connectivity index (χ0) is 140. The summed E-state index contributed by atoms with van der Waals surface area (Å²) in [5.74, 6) is -1.47. The van der Waals surface area contributed by atoms with Crippen LogP contribution in [-0.2, 0) is 57.5 Å². The van der Waals surface area contributed by atoms with E-state index in [0.29, 0.717) is 5.56 Å². The molecule has 0 aromatic heterocycles. The lowest BCUT2D eigenvalue weighted by Crippen LogP contribution is -2.35. The first-order valence-electron chi connectivity index (χ1n) is 62.0. The summed E-state index contributed by atoms with van der Waals surface area (Å²) in [6, 6.07) is 23.1. The first-order valence-corrected chi connectivity index (χ1v) is 38.9. The van der Waals surface area contributed by atoms with Crippen LogP contribution in [0.25, 0.3) is 0 Å². The molecule has 0 heterocycles. The maximum Gasteiger partial charge on any atom is 0.194 e. The second kappa shape index (κ2) is 75.3. The predicted molar refractivity (Wildman–Crippen MR) is 569 cm³/mol. The highest BCUT2D eigenvalue weighted by Gasteiger charge is 2.03. The van der Waals surface area contributed by atoms with E-state index < -0.39 is 83.2 Å². The zero-order valence-electron chi connectivity index (χ0n) is 121. The van der Waals surface area contributed by atoms with Crippen molar-refractivity contribution in [2.75, 3.05) is 58.6 Å². The van der Waals surface area contributed by atoms with Gasteiger partial charge in [-0.05, 0) is 170 Å². The highest BCUT2D eigenvalue weighted by Crippen LogP contribution is 2.07. The average molecular weight is 1880 g/mol. The molecule has 0 aliphatic heterocycles. The molecule has 9 aromatic carbocycles. The average Bonchev–Trinajstić information content (AvgIpc) is 0.773.